The summed E-state index contributed by atoms with van der Waals surface area (Å²) in [5.41, 5.74) is 0. The third kappa shape index (κ3) is 4.62. The number of nitrogens with one attached hydrogen (secondary N) is 1. The van der Waals surface area contributed by atoms with Crippen molar-refractivity contribution in [2.24, 2.45) is 0 Å². The van der Waals surface area contributed by atoms with Gasteiger partial charge >= 0.3 is 0 Å². The van der Waals surface area contributed by atoms with E-state index in [9.17, 15) is 4.79 Å². The van der Waals surface area contributed by atoms with E-state index in [0.29, 0.717) is 0 Å². The molecule has 0 rings (SSSR count). The van der Waals surface area contributed by atoms with Gasteiger partial charge in [-0.1, -0.05) is 0 Å². The number of carbonyl (C=O) groups excluding carboxylic acids is 1. The van der Waals surface area contributed by atoms with E-state index in [4.69, 9.17) is 4.74 Å². The van der Waals surface area contributed by atoms with Crippen LogP contribution in [0.5, 0.6) is 0 Å². The summed E-state index contributed by atoms with van der Waals surface area (Å²) in [4.78, 5) is 13.5. The number of rotatable bonds is 6. The lowest BCUT2D eigenvalue weighted by Gasteiger charge is -2.26. The molecule has 0 fully saturated rings. The summed E-state index contributed by atoms with van der Waals surface area (Å²) in [6, 6.07) is 0.00163. The van der Waals surface area contributed by atoms with Gasteiger partial charge in [0, 0.05) is 26.7 Å². The second-order valence-corrected chi connectivity index (χ2v) is 3.97. The summed E-state index contributed by atoms with van der Waals surface area (Å²) in [5.74, 6) is 0.118. The maximum absolute atomic E-state index is 11.7. The van der Waals surface area contributed by atoms with Crippen molar-refractivity contribution in [3.63, 3.8) is 0 Å². The van der Waals surface area contributed by atoms with Crippen molar-refractivity contribution in [3.8, 4) is 0 Å². The van der Waals surface area contributed by atoms with Crippen molar-refractivity contribution < 1.29 is 9.53 Å². The van der Waals surface area contributed by atoms with E-state index in [2.05, 4.69) is 5.32 Å². The molecule has 1 N–H and O–H groups in total. The number of carbonyl (C=O) groups is 1. The van der Waals surface area contributed by atoms with Gasteiger partial charge in [-0.15, -0.1) is 0 Å². The standard InChI is InChI=1S/C11H24N2O2/c1-7-13(5)11(14)9(3)12-8(2)10(4)15-6/h8-10,12H,7H2,1-6H3. The maximum Gasteiger partial charge on any atom is 0.239 e. The first kappa shape index (κ1) is 14.4. The third-order valence-electron chi connectivity index (χ3n) is 2.81. The van der Waals surface area contributed by atoms with Gasteiger partial charge < -0.3 is 15.0 Å². The van der Waals surface area contributed by atoms with Crippen LogP contribution in [-0.2, 0) is 9.53 Å². The van der Waals surface area contributed by atoms with Gasteiger partial charge in [0.2, 0.25) is 5.91 Å². The zero-order chi connectivity index (χ0) is 12.0. The average molecular weight is 216 g/mol. The topological polar surface area (TPSA) is 41.6 Å². The van der Waals surface area contributed by atoms with E-state index < -0.39 is 0 Å². The number of hydrogen-bond donors (Lipinski definition) is 1. The van der Waals surface area contributed by atoms with E-state index in [0.717, 1.165) is 6.54 Å². The molecule has 0 aliphatic carbocycles. The van der Waals surface area contributed by atoms with Crippen LogP contribution in [0.15, 0.2) is 0 Å². The molecule has 0 aromatic carbocycles. The van der Waals surface area contributed by atoms with Gasteiger partial charge in [-0.3, -0.25) is 4.79 Å². The van der Waals surface area contributed by atoms with Crippen LogP contribution < -0.4 is 5.32 Å². The average Bonchev–Trinajstić information content (AvgIpc) is 2.25. The Morgan fingerprint density at radius 3 is 2.33 bits per heavy atom. The summed E-state index contributed by atoms with van der Waals surface area (Å²) in [6.45, 7) is 8.58. The number of amides is 1. The van der Waals surface area contributed by atoms with E-state index in [1.54, 1.807) is 12.0 Å². The molecule has 4 nitrogen and oxygen atoms in total. The summed E-state index contributed by atoms with van der Waals surface area (Å²) >= 11 is 0. The molecular weight excluding hydrogens is 192 g/mol. The van der Waals surface area contributed by atoms with Crippen molar-refractivity contribution in [2.45, 2.75) is 45.9 Å². The first-order chi connectivity index (χ1) is 6.93. The molecule has 1 amide bonds. The Labute approximate surface area is 93.0 Å². The molecule has 0 aromatic rings. The van der Waals surface area contributed by atoms with Gasteiger partial charge in [0.25, 0.3) is 0 Å². The van der Waals surface area contributed by atoms with E-state index in [1.807, 2.05) is 34.7 Å². The zero-order valence-corrected chi connectivity index (χ0v) is 10.7. The highest BCUT2D eigenvalue weighted by Crippen LogP contribution is 2.00. The molecule has 90 valence electrons. The van der Waals surface area contributed by atoms with Gasteiger partial charge in [-0.05, 0) is 27.7 Å². The molecule has 0 aromatic heterocycles. The molecule has 0 bridgehead atoms. The van der Waals surface area contributed by atoms with Crippen molar-refractivity contribution in [1.82, 2.24) is 10.2 Å². The normalized spacial score (nSPS) is 16.9. The lowest BCUT2D eigenvalue weighted by Crippen LogP contribution is -2.49. The summed E-state index contributed by atoms with van der Waals surface area (Å²) in [7, 11) is 3.48. The highest BCUT2D eigenvalue weighted by molar-refractivity contribution is 5.81. The predicted molar refractivity (Wildman–Crippen MR) is 61.8 cm³/mol. The SMILES string of the molecule is CCN(C)C(=O)C(C)NC(C)C(C)OC. The molecular formula is C11H24N2O2. The largest absolute Gasteiger partial charge is 0.380 e. The minimum atomic E-state index is -0.164. The predicted octanol–water partition coefficient (Wildman–Crippen LogP) is 0.866. The van der Waals surface area contributed by atoms with Crippen LogP contribution in [0.25, 0.3) is 0 Å². The van der Waals surface area contributed by atoms with Crippen molar-refractivity contribution in [3.05, 3.63) is 0 Å². The fraction of sp³-hybridized carbons (Fsp3) is 0.909. The van der Waals surface area contributed by atoms with E-state index in [1.165, 1.54) is 0 Å². The number of methoxy groups -OCH3 is 1. The highest BCUT2D eigenvalue weighted by Gasteiger charge is 2.20. The molecule has 15 heavy (non-hydrogen) atoms. The molecule has 0 saturated carbocycles. The molecule has 4 heteroatoms. The van der Waals surface area contributed by atoms with Crippen LogP contribution in [0, 0.1) is 0 Å². The van der Waals surface area contributed by atoms with Gasteiger partial charge in [-0.2, -0.15) is 0 Å². The molecule has 0 saturated heterocycles. The molecule has 0 spiro atoms. The Morgan fingerprint density at radius 1 is 1.40 bits per heavy atom. The smallest absolute Gasteiger partial charge is 0.239 e. The Kier molecular flexibility index (Phi) is 6.52. The quantitative estimate of drug-likeness (QED) is 0.716. The highest BCUT2D eigenvalue weighted by atomic mass is 16.5. The van der Waals surface area contributed by atoms with Gasteiger partial charge in [0.15, 0.2) is 0 Å². The summed E-state index contributed by atoms with van der Waals surface area (Å²) in [5, 5.41) is 3.23. The van der Waals surface area contributed by atoms with Gasteiger partial charge in [0.05, 0.1) is 12.1 Å². The number of ether oxygens (including phenoxy) is 1. The Balaban J connectivity index is 4.12. The molecule has 0 aliphatic heterocycles. The number of likely N-dealkylation sites (N-methyl/N-ethyl adjacent to an activating group) is 1. The van der Waals surface area contributed by atoms with Crippen LogP contribution in [0.3, 0.4) is 0 Å². The number of hydrogen-bond acceptors (Lipinski definition) is 3. The van der Waals surface area contributed by atoms with Crippen LogP contribution >= 0.6 is 0 Å². The van der Waals surface area contributed by atoms with Crippen LogP contribution in [0.2, 0.25) is 0 Å². The minimum Gasteiger partial charge on any atom is -0.380 e. The van der Waals surface area contributed by atoms with Crippen molar-refractivity contribution >= 4 is 5.91 Å². The molecule has 3 unspecified atom stereocenters. The lowest BCUT2D eigenvalue weighted by molar-refractivity contribution is -0.131. The van der Waals surface area contributed by atoms with Crippen LogP contribution in [0.4, 0.5) is 0 Å². The van der Waals surface area contributed by atoms with Crippen molar-refractivity contribution in [1.29, 1.82) is 0 Å². The molecule has 0 heterocycles. The zero-order valence-electron chi connectivity index (χ0n) is 10.7. The van der Waals surface area contributed by atoms with E-state index >= 15 is 0 Å². The minimum absolute atomic E-state index is 0.104. The summed E-state index contributed by atoms with van der Waals surface area (Å²) in [6.07, 6.45) is 0.104. The Morgan fingerprint density at radius 2 is 1.93 bits per heavy atom. The Bertz CT molecular complexity index is 197. The molecule has 0 aliphatic rings. The summed E-state index contributed by atoms with van der Waals surface area (Å²) < 4.78 is 5.19. The first-order valence-corrected chi connectivity index (χ1v) is 5.47. The number of nitrogens with zero attached hydrogens (tertiary/aromatic N) is 1. The van der Waals surface area contributed by atoms with Crippen molar-refractivity contribution in [2.75, 3.05) is 20.7 Å². The molecule has 0 radical (unpaired) electrons. The maximum atomic E-state index is 11.7. The van der Waals surface area contributed by atoms with Crippen LogP contribution in [0.1, 0.15) is 27.7 Å². The second-order valence-electron chi connectivity index (χ2n) is 3.97. The fourth-order valence-corrected chi connectivity index (χ4v) is 1.29. The van der Waals surface area contributed by atoms with E-state index in [-0.39, 0.29) is 24.1 Å². The van der Waals surface area contributed by atoms with Crippen LogP contribution in [-0.4, -0.2) is 49.7 Å². The second kappa shape index (κ2) is 6.80. The van der Waals surface area contributed by atoms with Gasteiger partial charge in [0.1, 0.15) is 0 Å². The Hall–Kier alpha value is -0.610. The van der Waals surface area contributed by atoms with Gasteiger partial charge in [-0.25, -0.2) is 0 Å². The molecule has 3 atom stereocenters. The fourth-order valence-electron chi connectivity index (χ4n) is 1.29. The monoisotopic (exact) mass is 216 g/mol. The first-order valence-electron chi connectivity index (χ1n) is 5.47. The lowest BCUT2D eigenvalue weighted by atomic mass is 10.1. The third-order valence-corrected chi connectivity index (χ3v) is 2.81.